The fourth-order valence-corrected chi connectivity index (χ4v) is 2.90. The van der Waals surface area contributed by atoms with Gasteiger partial charge in [0.1, 0.15) is 12.4 Å². The molecule has 0 bridgehead atoms. The van der Waals surface area contributed by atoms with Gasteiger partial charge in [-0.3, -0.25) is 4.79 Å². The van der Waals surface area contributed by atoms with Crippen molar-refractivity contribution in [1.82, 2.24) is 4.90 Å². The number of rotatable bonds is 9. The molecular formula is C22H29NO3. The predicted molar refractivity (Wildman–Crippen MR) is 104 cm³/mol. The summed E-state index contributed by atoms with van der Waals surface area (Å²) in [7, 11) is 3.74. The molecule has 2 unspecified atom stereocenters. The van der Waals surface area contributed by atoms with E-state index in [1.54, 1.807) is 7.11 Å². The predicted octanol–water partition coefficient (Wildman–Crippen LogP) is 3.94. The smallest absolute Gasteiger partial charge is 0.310 e. The van der Waals surface area contributed by atoms with Crippen LogP contribution >= 0.6 is 0 Å². The molecule has 0 aliphatic rings. The lowest BCUT2D eigenvalue weighted by Gasteiger charge is -2.27. The Bertz CT molecular complexity index is 687. The Hall–Kier alpha value is -2.33. The lowest BCUT2D eigenvalue weighted by Crippen LogP contribution is -2.37. The molecule has 0 N–H and O–H groups in total. The van der Waals surface area contributed by atoms with Crippen molar-refractivity contribution >= 4 is 5.97 Å². The van der Waals surface area contributed by atoms with Crippen LogP contribution in [0.25, 0.3) is 0 Å². The van der Waals surface area contributed by atoms with Crippen molar-refractivity contribution in [2.45, 2.75) is 32.9 Å². The van der Waals surface area contributed by atoms with Gasteiger partial charge in [0.25, 0.3) is 0 Å². The molecule has 0 aliphatic heterocycles. The standard InChI is InChI=1S/C22H29NO3/c1-17(22(24)26-16-19-10-6-5-7-11-19)15-23(3)18(2)14-20-12-8-9-13-21(20)25-4/h5-13,17-18H,14-16H2,1-4H3. The van der Waals surface area contributed by atoms with Gasteiger partial charge in [0.2, 0.25) is 0 Å². The van der Waals surface area contributed by atoms with E-state index in [1.165, 1.54) is 5.56 Å². The molecular weight excluding hydrogens is 326 g/mol. The van der Waals surface area contributed by atoms with Crippen molar-refractivity contribution in [3.05, 3.63) is 65.7 Å². The third kappa shape index (κ3) is 5.88. The number of nitrogens with zero attached hydrogens (tertiary/aromatic N) is 1. The number of benzene rings is 2. The molecule has 2 rings (SSSR count). The van der Waals surface area contributed by atoms with Crippen LogP contribution in [-0.2, 0) is 22.6 Å². The average molecular weight is 355 g/mol. The van der Waals surface area contributed by atoms with Crippen molar-refractivity contribution in [2.24, 2.45) is 5.92 Å². The van der Waals surface area contributed by atoms with E-state index in [0.29, 0.717) is 13.2 Å². The van der Waals surface area contributed by atoms with Gasteiger partial charge in [0.15, 0.2) is 0 Å². The maximum atomic E-state index is 12.3. The Morgan fingerprint density at radius 1 is 1.04 bits per heavy atom. The highest BCUT2D eigenvalue weighted by atomic mass is 16.5. The molecule has 0 saturated carbocycles. The second kappa shape index (κ2) is 9.97. The average Bonchev–Trinajstić information content (AvgIpc) is 2.67. The van der Waals surface area contributed by atoms with Crippen molar-refractivity contribution in [1.29, 1.82) is 0 Å². The van der Waals surface area contributed by atoms with E-state index in [9.17, 15) is 4.79 Å². The normalized spacial score (nSPS) is 13.3. The second-order valence-electron chi connectivity index (χ2n) is 6.80. The summed E-state index contributed by atoms with van der Waals surface area (Å²) in [5, 5.41) is 0. The molecule has 0 radical (unpaired) electrons. The van der Waals surface area contributed by atoms with Crippen LogP contribution < -0.4 is 4.74 Å². The molecule has 2 aromatic carbocycles. The highest BCUT2D eigenvalue weighted by molar-refractivity contribution is 5.72. The number of likely N-dealkylation sites (N-methyl/N-ethyl adjacent to an activating group) is 1. The monoisotopic (exact) mass is 355 g/mol. The molecule has 26 heavy (non-hydrogen) atoms. The molecule has 2 atom stereocenters. The van der Waals surface area contributed by atoms with Gasteiger partial charge in [-0.1, -0.05) is 55.5 Å². The number of ether oxygens (including phenoxy) is 2. The Morgan fingerprint density at radius 3 is 2.38 bits per heavy atom. The molecule has 0 spiro atoms. The first kappa shape index (κ1) is 20.0. The third-order valence-corrected chi connectivity index (χ3v) is 4.65. The van der Waals surface area contributed by atoms with Crippen LogP contribution in [0.5, 0.6) is 5.75 Å². The van der Waals surface area contributed by atoms with E-state index >= 15 is 0 Å². The van der Waals surface area contributed by atoms with Crippen molar-refractivity contribution in [2.75, 3.05) is 20.7 Å². The van der Waals surface area contributed by atoms with Gasteiger partial charge in [-0.05, 0) is 37.6 Å². The van der Waals surface area contributed by atoms with Gasteiger partial charge in [-0.15, -0.1) is 0 Å². The van der Waals surface area contributed by atoms with Crippen LogP contribution in [0.3, 0.4) is 0 Å². The Balaban J connectivity index is 1.83. The highest BCUT2D eigenvalue weighted by Gasteiger charge is 2.20. The maximum Gasteiger partial charge on any atom is 0.310 e. The minimum atomic E-state index is -0.177. The zero-order chi connectivity index (χ0) is 18.9. The number of hydrogen-bond acceptors (Lipinski definition) is 4. The number of esters is 1. The first-order chi connectivity index (χ1) is 12.5. The van der Waals surface area contributed by atoms with Gasteiger partial charge in [-0.25, -0.2) is 0 Å². The van der Waals surface area contributed by atoms with Crippen molar-refractivity contribution in [3.8, 4) is 5.75 Å². The van der Waals surface area contributed by atoms with E-state index in [1.807, 2.05) is 62.5 Å². The summed E-state index contributed by atoms with van der Waals surface area (Å²) in [6.07, 6.45) is 0.867. The molecule has 0 aliphatic carbocycles. The number of para-hydroxylation sites is 1. The summed E-state index contributed by atoms with van der Waals surface area (Å²) in [6, 6.07) is 18.1. The summed E-state index contributed by atoms with van der Waals surface area (Å²) in [5.41, 5.74) is 2.18. The summed E-state index contributed by atoms with van der Waals surface area (Å²) in [4.78, 5) is 14.5. The minimum Gasteiger partial charge on any atom is -0.496 e. The van der Waals surface area contributed by atoms with Crippen LogP contribution in [0.15, 0.2) is 54.6 Å². The van der Waals surface area contributed by atoms with Crippen molar-refractivity contribution < 1.29 is 14.3 Å². The SMILES string of the molecule is COc1ccccc1CC(C)N(C)CC(C)C(=O)OCc1ccccc1. The Morgan fingerprint density at radius 2 is 1.69 bits per heavy atom. The fraction of sp³-hybridized carbons (Fsp3) is 0.409. The lowest BCUT2D eigenvalue weighted by molar-refractivity contribution is -0.150. The van der Waals surface area contributed by atoms with E-state index in [-0.39, 0.29) is 17.9 Å². The van der Waals surface area contributed by atoms with Crippen LogP contribution in [0, 0.1) is 5.92 Å². The summed E-state index contributed by atoms with van der Waals surface area (Å²) in [5.74, 6) is 0.567. The van der Waals surface area contributed by atoms with Gasteiger partial charge >= 0.3 is 5.97 Å². The van der Waals surface area contributed by atoms with Crippen LogP contribution in [0.4, 0.5) is 0 Å². The molecule has 0 aromatic heterocycles. The van der Waals surface area contributed by atoms with E-state index < -0.39 is 0 Å². The van der Waals surface area contributed by atoms with E-state index in [2.05, 4.69) is 17.9 Å². The van der Waals surface area contributed by atoms with Crippen LogP contribution in [-0.4, -0.2) is 37.6 Å². The number of carbonyl (C=O) groups excluding carboxylic acids is 1. The minimum absolute atomic E-state index is 0.162. The molecule has 0 amide bonds. The van der Waals surface area contributed by atoms with Crippen molar-refractivity contribution in [3.63, 3.8) is 0 Å². The Labute approximate surface area is 156 Å². The van der Waals surface area contributed by atoms with E-state index in [4.69, 9.17) is 9.47 Å². The zero-order valence-electron chi connectivity index (χ0n) is 16.1. The first-order valence-electron chi connectivity index (χ1n) is 9.04. The fourth-order valence-electron chi connectivity index (χ4n) is 2.90. The molecule has 0 saturated heterocycles. The van der Waals surface area contributed by atoms with Gasteiger partial charge < -0.3 is 14.4 Å². The van der Waals surface area contributed by atoms with Gasteiger partial charge in [0, 0.05) is 12.6 Å². The largest absolute Gasteiger partial charge is 0.496 e. The molecule has 4 nitrogen and oxygen atoms in total. The number of carbonyl (C=O) groups is 1. The number of hydrogen-bond donors (Lipinski definition) is 0. The second-order valence-corrected chi connectivity index (χ2v) is 6.80. The third-order valence-electron chi connectivity index (χ3n) is 4.65. The first-order valence-corrected chi connectivity index (χ1v) is 9.04. The molecule has 140 valence electrons. The lowest BCUT2D eigenvalue weighted by atomic mass is 10.0. The summed E-state index contributed by atoms with van der Waals surface area (Å²) < 4.78 is 10.9. The van der Waals surface area contributed by atoms with Gasteiger partial charge in [0.05, 0.1) is 13.0 Å². The Kier molecular flexibility index (Phi) is 7.67. The van der Waals surface area contributed by atoms with E-state index in [0.717, 1.165) is 17.7 Å². The molecule has 0 fully saturated rings. The summed E-state index contributed by atoms with van der Waals surface area (Å²) in [6.45, 7) is 5.06. The maximum absolute atomic E-state index is 12.3. The number of methoxy groups -OCH3 is 1. The summed E-state index contributed by atoms with van der Waals surface area (Å²) >= 11 is 0. The molecule has 2 aromatic rings. The highest BCUT2D eigenvalue weighted by Crippen LogP contribution is 2.20. The topological polar surface area (TPSA) is 38.8 Å². The van der Waals surface area contributed by atoms with Crippen LogP contribution in [0.1, 0.15) is 25.0 Å². The van der Waals surface area contributed by atoms with Gasteiger partial charge in [-0.2, -0.15) is 0 Å². The molecule has 0 heterocycles. The quantitative estimate of drug-likeness (QED) is 0.639. The molecule has 4 heteroatoms. The zero-order valence-corrected chi connectivity index (χ0v) is 16.1. The van der Waals surface area contributed by atoms with Crippen LogP contribution in [0.2, 0.25) is 0 Å².